The van der Waals surface area contributed by atoms with E-state index in [0.717, 1.165) is 17.7 Å². The van der Waals surface area contributed by atoms with Crippen molar-refractivity contribution in [3.63, 3.8) is 0 Å². The molecule has 1 fully saturated rings. The third-order valence-electron chi connectivity index (χ3n) is 4.18. The highest BCUT2D eigenvalue weighted by Gasteiger charge is 2.39. The van der Waals surface area contributed by atoms with Crippen LogP contribution in [0.3, 0.4) is 0 Å². The molecule has 2 aromatic rings. The number of furan rings is 1. The smallest absolute Gasteiger partial charge is 0.282 e. The van der Waals surface area contributed by atoms with E-state index in [1.54, 1.807) is 29.4 Å². The van der Waals surface area contributed by atoms with E-state index in [2.05, 4.69) is 0 Å². The number of thioether (sulfide) groups is 1. The van der Waals surface area contributed by atoms with E-state index in [1.165, 1.54) is 17.8 Å². The van der Waals surface area contributed by atoms with Gasteiger partial charge < -0.3 is 9.32 Å². The summed E-state index contributed by atoms with van der Waals surface area (Å²) in [6.45, 7) is 1.89. The molecular weight excluding hydrogens is 328 g/mol. The zero-order chi connectivity index (χ0) is 17.3. The summed E-state index contributed by atoms with van der Waals surface area (Å²) in [5, 5.41) is 11.3. The van der Waals surface area contributed by atoms with Gasteiger partial charge in [-0.05, 0) is 50.3 Å². The molecular formula is C17H18N2O4S. The Morgan fingerprint density at radius 1 is 1.42 bits per heavy atom. The molecule has 0 radical (unpaired) electrons. The van der Waals surface area contributed by atoms with Crippen LogP contribution in [-0.4, -0.2) is 28.0 Å². The maximum atomic E-state index is 13.1. The van der Waals surface area contributed by atoms with Gasteiger partial charge in [-0.1, -0.05) is 0 Å². The molecule has 1 atom stereocenters. The molecule has 1 aromatic heterocycles. The molecule has 0 aliphatic heterocycles. The fourth-order valence-corrected chi connectivity index (χ4v) is 3.23. The van der Waals surface area contributed by atoms with E-state index < -0.39 is 4.92 Å². The molecule has 1 aromatic carbocycles. The molecule has 6 nitrogen and oxygen atoms in total. The van der Waals surface area contributed by atoms with Crippen LogP contribution in [-0.2, 0) is 0 Å². The van der Waals surface area contributed by atoms with Crippen molar-refractivity contribution in [3.05, 3.63) is 58.0 Å². The Hall–Kier alpha value is -2.28. The number of rotatable bonds is 6. The fourth-order valence-electron chi connectivity index (χ4n) is 2.79. The standard InChI is InChI=1S/C17H18N2O4S/c1-11(16-4-3-9-23-16)18(12-5-6-12)17(20)14-10-13(24-2)7-8-15(14)19(21)22/h3-4,7-12H,5-6H2,1-2H3. The molecule has 1 heterocycles. The SMILES string of the molecule is CSc1ccc([N+](=O)[O-])c(C(=O)N(C2CC2)C(C)c2ccco2)c1. The summed E-state index contributed by atoms with van der Waals surface area (Å²) in [5.74, 6) is 0.364. The highest BCUT2D eigenvalue weighted by atomic mass is 32.2. The van der Waals surface area contributed by atoms with Crippen LogP contribution in [0, 0.1) is 10.1 Å². The summed E-state index contributed by atoms with van der Waals surface area (Å²) in [6.07, 6.45) is 5.26. The second-order valence-electron chi connectivity index (χ2n) is 5.78. The highest BCUT2D eigenvalue weighted by Crippen LogP contribution is 2.37. The van der Waals surface area contributed by atoms with E-state index in [9.17, 15) is 14.9 Å². The van der Waals surface area contributed by atoms with Crippen LogP contribution in [0.25, 0.3) is 0 Å². The minimum absolute atomic E-state index is 0.107. The summed E-state index contributed by atoms with van der Waals surface area (Å²) in [6, 6.07) is 8.11. The van der Waals surface area contributed by atoms with Crippen molar-refractivity contribution in [1.82, 2.24) is 4.90 Å². The Bertz CT molecular complexity index is 756. The number of hydrogen-bond donors (Lipinski definition) is 0. The minimum atomic E-state index is -0.500. The van der Waals surface area contributed by atoms with Gasteiger partial charge in [0.05, 0.1) is 17.2 Å². The van der Waals surface area contributed by atoms with Gasteiger partial charge >= 0.3 is 0 Å². The number of nitro groups is 1. The Labute approximate surface area is 144 Å². The molecule has 7 heteroatoms. The third-order valence-corrected chi connectivity index (χ3v) is 4.90. The summed E-state index contributed by atoms with van der Waals surface area (Å²) in [5.41, 5.74) is -0.0211. The van der Waals surface area contributed by atoms with E-state index in [0.29, 0.717) is 5.76 Å². The van der Waals surface area contributed by atoms with Crippen LogP contribution in [0.15, 0.2) is 45.9 Å². The third kappa shape index (κ3) is 3.17. The number of hydrogen-bond acceptors (Lipinski definition) is 5. The molecule has 1 aliphatic rings. The molecule has 24 heavy (non-hydrogen) atoms. The van der Waals surface area contributed by atoms with E-state index in [4.69, 9.17) is 4.42 Å². The molecule has 0 bridgehead atoms. The van der Waals surface area contributed by atoms with Gasteiger partial charge in [0.25, 0.3) is 11.6 Å². The first kappa shape index (κ1) is 16.6. The summed E-state index contributed by atoms with van der Waals surface area (Å²) >= 11 is 1.45. The summed E-state index contributed by atoms with van der Waals surface area (Å²) in [7, 11) is 0. The number of benzene rings is 1. The van der Waals surface area contributed by atoms with Gasteiger partial charge in [-0.3, -0.25) is 14.9 Å². The lowest BCUT2D eigenvalue weighted by Gasteiger charge is -2.28. The van der Waals surface area contributed by atoms with E-state index in [1.807, 2.05) is 19.2 Å². The van der Waals surface area contributed by atoms with Crippen molar-refractivity contribution < 1.29 is 14.1 Å². The number of carbonyl (C=O) groups is 1. The molecule has 1 aliphatic carbocycles. The number of amides is 1. The molecule has 0 spiro atoms. The lowest BCUT2D eigenvalue weighted by Crippen LogP contribution is -2.35. The van der Waals surface area contributed by atoms with Crippen molar-refractivity contribution in [3.8, 4) is 0 Å². The lowest BCUT2D eigenvalue weighted by atomic mass is 10.1. The second-order valence-corrected chi connectivity index (χ2v) is 6.65. The van der Waals surface area contributed by atoms with Crippen LogP contribution in [0.2, 0.25) is 0 Å². The van der Waals surface area contributed by atoms with Crippen LogP contribution >= 0.6 is 11.8 Å². The average molecular weight is 346 g/mol. The Balaban J connectivity index is 2.00. The fraction of sp³-hybridized carbons (Fsp3) is 0.353. The van der Waals surface area contributed by atoms with Gasteiger partial charge in [0.1, 0.15) is 11.3 Å². The molecule has 3 rings (SSSR count). The quantitative estimate of drug-likeness (QED) is 0.443. The zero-order valence-corrected chi connectivity index (χ0v) is 14.3. The van der Waals surface area contributed by atoms with Gasteiger partial charge in [-0.2, -0.15) is 0 Å². The summed E-state index contributed by atoms with van der Waals surface area (Å²) < 4.78 is 5.43. The molecule has 0 N–H and O–H groups in total. The van der Waals surface area contributed by atoms with Crippen molar-refractivity contribution >= 4 is 23.4 Å². The predicted octanol–water partition coefficient (Wildman–Crippen LogP) is 4.28. The van der Waals surface area contributed by atoms with Crippen LogP contribution < -0.4 is 0 Å². The Morgan fingerprint density at radius 3 is 2.71 bits per heavy atom. The summed E-state index contributed by atoms with van der Waals surface area (Å²) in [4.78, 5) is 26.5. The second kappa shape index (κ2) is 6.68. The van der Waals surface area contributed by atoms with Crippen molar-refractivity contribution in [2.45, 2.75) is 36.7 Å². The number of nitro benzene ring substituents is 1. The maximum absolute atomic E-state index is 13.1. The molecule has 126 valence electrons. The van der Waals surface area contributed by atoms with Gasteiger partial charge in [0.15, 0.2) is 0 Å². The van der Waals surface area contributed by atoms with Crippen LogP contribution in [0.5, 0.6) is 0 Å². The first-order valence-electron chi connectivity index (χ1n) is 7.71. The topological polar surface area (TPSA) is 76.6 Å². The molecule has 1 saturated carbocycles. The van der Waals surface area contributed by atoms with E-state index >= 15 is 0 Å². The normalized spacial score (nSPS) is 15.1. The van der Waals surface area contributed by atoms with E-state index in [-0.39, 0.29) is 29.2 Å². The van der Waals surface area contributed by atoms with Gasteiger partial charge in [0, 0.05) is 17.0 Å². The first-order chi connectivity index (χ1) is 11.5. The zero-order valence-electron chi connectivity index (χ0n) is 13.5. The maximum Gasteiger partial charge on any atom is 0.282 e. The van der Waals surface area contributed by atoms with Crippen molar-refractivity contribution in [2.75, 3.05) is 6.26 Å². The van der Waals surface area contributed by atoms with Crippen molar-refractivity contribution in [2.24, 2.45) is 0 Å². The Morgan fingerprint density at radius 2 is 2.17 bits per heavy atom. The molecule has 0 saturated heterocycles. The number of carbonyl (C=O) groups excluding carboxylic acids is 1. The molecule has 1 unspecified atom stereocenters. The molecule has 1 amide bonds. The first-order valence-corrected chi connectivity index (χ1v) is 8.94. The van der Waals surface area contributed by atoms with Crippen LogP contribution in [0.4, 0.5) is 5.69 Å². The largest absolute Gasteiger partial charge is 0.467 e. The van der Waals surface area contributed by atoms with Crippen molar-refractivity contribution in [1.29, 1.82) is 0 Å². The van der Waals surface area contributed by atoms with Gasteiger partial charge in [0.2, 0.25) is 0 Å². The highest BCUT2D eigenvalue weighted by molar-refractivity contribution is 7.98. The minimum Gasteiger partial charge on any atom is -0.467 e. The van der Waals surface area contributed by atoms with Gasteiger partial charge in [-0.25, -0.2) is 0 Å². The van der Waals surface area contributed by atoms with Crippen LogP contribution in [0.1, 0.15) is 41.9 Å². The Kier molecular flexibility index (Phi) is 4.62. The van der Waals surface area contributed by atoms with Gasteiger partial charge in [-0.15, -0.1) is 11.8 Å². The number of nitrogens with zero attached hydrogens (tertiary/aromatic N) is 2. The lowest BCUT2D eigenvalue weighted by molar-refractivity contribution is -0.385. The monoisotopic (exact) mass is 346 g/mol. The average Bonchev–Trinajstić information content (AvgIpc) is 3.25. The predicted molar refractivity (Wildman–Crippen MR) is 91.2 cm³/mol.